The fourth-order valence-corrected chi connectivity index (χ4v) is 7.20. The van der Waals surface area contributed by atoms with Gasteiger partial charge in [0.25, 0.3) is 5.91 Å². The van der Waals surface area contributed by atoms with E-state index < -0.39 is 53.1 Å². The molecule has 4 amide bonds. The molecule has 4 rings (SSSR count). The second-order valence-corrected chi connectivity index (χ2v) is 15.8. The summed E-state index contributed by atoms with van der Waals surface area (Å²) < 4.78 is 0.493. The Morgan fingerprint density at radius 1 is 1.09 bits per heavy atom. The Kier molecular flexibility index (Phi) is 9.97. The van der Waals surface area contributed by atoms with Gasteiger partial charge in [0.1, 0.15) is 16.3 Å². The fraction of sp³-hybridized carbons (Fsp3) is 0.667. The number of rotatable bonds is 13. The van der Waals surface area contributed by atoms with Crippen molar-refractivity contribution in [1.29, 1.82) is 0 Å². The molecule has 0 bridgehead atoms. The number of nitrogens with two attached hydrogens (primary N) is 1. The molecule has 0 radical (unpaired) electrons. The molecule has 2 heterocycles. The van der Waals surface area contributed by atoms with E-state index in [2.05, 4.69) is 45.4 Å². The number of fused-ring (bicyclic) bond motifs is 1. The number of Topliss-reactive ketones (excluding diaryl/α,β-unsaturated/α-hetero) is 3. The highest BCUT2D eigenvalue weighted by Gasteiger charge is 2.69. The molecule has 1 saturated heterocycles. The van der Waals surface area contributed by atoms with E-state index >= 15 is 0 Å². The van der Waals surface area contributed by atoms with Crippen LogP contribution in [0.2, 0.25) is 0 Å². The van der Waals surface area contributed by atoms with Gasteiger partial charge < -0.3 is 21.3 Å². The smallest absolute Gasteiger partial charge is 0.316 e. The number of piperidine rings is 1. The Bertz CT molecular complexity index is 1380. The number of likely N-dealkylation sites (tertiary alicyclic amines) is 1. The van der Waals surface area contributed by atoms with Crippen LogP contribution in [0.5, 0.6) is 0 Å². The van der Waals surface area contributed by atoms with Crippen molar-refractivity contribution in [2.75, 3.05) is 6.54 Å². The van der Waals surface area contributed by atoms with Crippen molar-refractivity contribution in [1.82, 2.24) is 20.5 Å². The average molecular weight is 689 g/mol. The van der Waals surface area contributed by atoms with E-state index in [0.29, 0.717) is 23.5 Å². The summed E-state index contributed by atoms with van der Waals surface area (Å²) in [6, 6.07) is 1.58. The molecule has 1 aliphatic heterocycles. The lowest BCUT2D eigenvalue weighted by molar-refractivity contribution is -0.144. The Labute approximate surface area is 273 Å². The predicted molar refractivity (Wildman–Crippen MR) is 171 cm³/mol. The Hall–Kier alpha value is -3.15. The number of ketones is 3. The average Bonchev–Trinajstić information content (AvgIpc) is 3.79. The first-order chi connectivity index (χ1) is 20.8. The lowest BCUT2D eigenvalue weighted by Crippen LogP contribution is -2.61. The quantitative estimate of drug-likeness (QED) is 0.161. The van der Waals surface area contributed by atoms with Crippen LogP contribution in [-0.2, 0) is 19.2 Å². The van der Waals surface area contributed by atoms with E-state index in [1.807, 2.05) is 20.8 Å². The third kappa shape index (κ3) is 7.64. The summed E-state index contributed by atoms with van der Waals surface area (Å²) in [5, 5.41) is 5.55. The molecule has 11 nitrogen and oxygen atoms in total. The maximum Gasteiger partial charge on any atom is 0.316 e. The zero-order valence-corrected chi connectivity index (χ0v) is 28.8. The molecule has 0 spiro atoms. The second kappa shape index (κ2) is 12.9. The van der Waals surface area contributed by atoms with Gasteiger partial charge in [0.05, 0.1) is 12.1 Å². The third-order valence-electron chi connectivity index (χ3n) is 9.79. The van der Waals surface area contributed by atoms with Gasteiger partial charge in [-0.15, -0.1) is 0 Å². The van der Waals surface area contributed by atoms with Crippen LogP contribution >= 0.6 is 15.9 Å². The molecule has 2 aliphatic carbocycles. The standard InChI is InChI=1S/C33H46BrN5O6/c1-16(2)24(27(42)20-9-8-10-22(34)36-20)37-31(45)38-28(32(3,4)5)30(44)39-15-19-23(33(19,6)7)25(39)21(40)14-18(13-17-11-12-17)26(41)29(35)43/h8-10,16-19,23-25,28H,11-15H2,1-7H3,(H2,35,43)(H2,37,38,45)/t18?,19-,23-,24-,25+,28+/m0/s1. The monoisotopic (exact) mass is 687 g/mol. The predicted octanol–water partition coefficient (Wildman–Crippen LogP) is 3.68. The van der Waals surface area contributed by atoms with Gasteiger partial charge in [0, 0.05) is 18.9 Å². The minimum atomic E-state index is -1.05. The van der Waals surface area contributed by atoms with Crippen LogP contribution in [0.15, 0.2) is 22.8 Å². The van der Waals surface area contributed by atoms with E-state index in [1.54, 1.807) is 36.9 Å². The summed E-state index contributed by atoms with van der Waals surface area (Å²) in [7, 11) is 0. The van der Waals surface area contributed by atoms with Crippen molar-refractivity contribution in [2.45, 2.75) is 92.3 Å². The van der Waals surface area contributed by atoms with Crippen LogP contribution in [0.4, 0.5) is 4.79 Å². The first-order valence-corrected chi connectivity index (χ1v) is 16.5. The molecule has 1 unspecified atom stereocenters. The van der Waals surface area contributed by atoms with E-state index in [-0.39, 0.29) is 46.8 Å². The molecule has 1 aromatic heterocycles. The lowest BCUT2D eigenvalue weighted by Gasteiger charge is -2.38. The minimum Gasteiger partial charge on any atom is -0.363 e. The maximum absolute atomic E-state index is 14.3. The number of urea groups is 1. The van der Waals surface area contributed by atoms with Crippen molar-refractivity contribution < 1.29 is 28.8 Å². The van der Waals surface area contributed by atoms with E-state index in [9.17, 15) is 28.8 Å². The first-order valence-electron chi connectivity index (χ1n) is 15.7. The van der Waals surface area contributed by atoms with E-state index in [4.69, 9.17) is 5.73 Å². The highest BCUT2D eigenvalue weighted by atomic mass is 79.9. The zero-order chi connectivity index (χ0) is 33.6. The Balaban J connectivity index is 1.53. The largest absolute Gasteiger partial charge is 0.363 e. The number of primary amides is 1. The summed E-state index contributed by atoms with van der Waals surface area (Å²) in [5.74, 6) is -3.57. The number of aromatic nitrogens is 1. The van der Waals surface area contributed by atoms with Gasteiger partial charge in [0.2, 0.25) is 17.5 Å². The van der Waals surface area contributed by atoms with Crippen LogP contribution in [0.1, 0.15) is 84.6 Å². The third-order valence-corrected chi connectivity index (χ3v) is 10.2. The summed E-state index contributed by atoms with van der Waals surface area (Å²) >= 11 is 3.27. The van der Waals surface area contributed by atoms with Gasteiger partial charge in [0.15, 0.2) is 5.78 Å². The van der Waals surface area contributed by atoms with Gasteiger partial charge in [-0.25, -0.2) is 9.78 Å². The van der Waals surface area contributed by atoms with Crippen molar-refractivity contribution in [3.63, 3.8) is 0 Å². The van der Waals surface area contributed by atoms with Crippen LogP contribution in [0, 0.1) is 40.4 Å². The lowest BCUT2D eigenvalue weighted by atomic mass is 9.84. The Morgan fingerprint density at radius 3 is 2.27 bits per heavy atom. The first kappa shape index (κ1) is 34.7. The molecule has 2 saturated carbocycles. The molecule has 6 atom stereocenters. The number of nitrogens with zero attached hydrogens (tertiary/aromatic N) is 2. The highest BCUT2D eigenvalue weighted by Crippen LogP contribution is 2.65. The van der Waals surface area contributed by atoms with E-state index in [1.165, 1.54) is 0 Å². The molecule has 3 aliphatic rings. The molecular formula is C33H46BrN5O6. The van der Waals surface area contributed by atoms with Crippen LogP contribution in [0.3, 0.4) is 0 Å². The van der Waals surface area contributed by atoms with Crippen LogP contribution < -0.4 is 16.4 Å². The number of nitrogens with one attached hydrogen (secondary N) is 2. The molecule has 1 aromatic rings. The number of carbonyl (C=O) groups excluding carboxylic acids is 6. The summed E-state index contributed by atoms with van der Waals surface area (Å²) in [5.41, 5.74) is 4.61. The summed E-state index contributed by atoms with van der Waals surface area (Å²) in [6.45, 7) is 13.6. The summed E-state index contributed by atoms with van der Waals surface area (Å²) in [4.78, 5) is 85.1. The number of hydrogen-bond donors (Lipinski definition) is 3. The van der Waals surface area contributed by atoms with Gasteiger partial charge in [-0.2, -0.15) is 0 Å². The van der Waals surface area contributed by atoms with Crippen molar-refractivity contribution in [3.8, 4) is 0 Å². The SMILES string of the molecule is CC(C)[C@H](NC(=O)N[C@H](C(=O)N1C[C@H]2[C@@H]([C@H]1C(=O)CC(CC1CC1)C(=O)C(N)=O)C2(C)C)C(C)(C)C)C(=O)c1cccc(Br)n1. The van der Waals surface area contributed by atoms with Gasteiger partial charge in [-0.05, 0) is 69.0 Å². The zero-order valence-electron chi connectivity index (χ0n) is 27.2. The maximum atomic E-state index is 14.3. The summed E-state index contributed by atoms with van der Waals surface area (Å²) in [6.07, 6.45) is 2.18. The second-order valence-electron chi connectivity index (χ2n) is 15.0. The van der Waals surface area contributed by atoms with Crippen LogP contribution in [-0.4, -0.2) is 69.7 Å². The highest BCUT2D eigenvalue weighted by molar-refractivity contribution is 9.10. The van der Waals surface area contributed by atoms with E-state index in [0.717, 1.165) is 12.8 Å². The van der Waals surface area contributed by atoms with Crippen molar-refractivity contribution in [3.05, 3.63) is 28.5 Å². The van der Waals surface area contributed by atoms with Gasteiger partial charge >= 0.3 is 6.03 Å². The molecule has 4 N–H and O–H groups in total. The molecule has 0 aromatic carbocycles. The number of carbonyl (C=O) groups is 6. The molecule has 12 heteroatoms. The number of halogens is 1. The van der Waals surface area contributed by atoms with Crippen molar-refractivity contribution >= 4 is 51.1 Å². The Morgan fingerprint density at radius 2 is 1.73 bits per heavy atom. The van der Waals surface area contributed by atoms with Crippen molar-refractivity contribution in [2.24, 2.45) is 46.2 Å². The fourth-order valence-electron chi connectivity index (χ4n) is 6.85. The molecule has 3 fully saturated rings. The molecule has 45 heavy (non-hydrogen) atoms. The number of hydrogen-bond acceptors (Lipinski definition) is 7. The van der Waals surface area contributed by atoms with Gasteiger partial charge in [-0.3, -0.25) is 24.0 Å². The molecule has 246 valence electrons. The topological polar surface area (TPSA) is 169 Å². The number of amides is 4. The van der Waals surface area contributed by atoms with Gasteiger partial charge in [-0.1, -0.05) is 67.4 Å². The van der Waals surface area contributed by atoms with Crippen LogP contribution in [0.25, 0.3) is 0 Å². The minimum absolute atomic E-state index is 0.0886. The normalized spacial score (nSPS) is 23.8. The molecular weight excluding hydrogens is 642 g/mol. The number of pyridine rings is 1.